The van der Waals surface area contributed by atoms with Gasteiger partial charge in [0.05, 0.1) is 31.0 Å². The summed E-state index contributed by atoms with van der Waals surface area (Å²) in [5.74, 6) is 0. The van der Waals surface area contributed by atoms with Gasteiger partial charge >= 0.3 is 0 Å². The second-order valence-electron chi connectivity index (χ2n) is 4.67. The van der Waals surface area contributed by atoms with E-state index in [4.69, 9.17) is 9.47 Å². The van der Waals surface area contributed by atoms with E-state index in [1.807, 2.05) is 18.2 Å². The Morgan fingerprint density at radius 2 is 2.07 bits per heavy atom. The molecular formula is C12H16O3. The summed E-state index contributed by atoms with van der Waals surface area (Å²) in [6.07, 6.45) is 9.02. The Morgan fingerprint density at radius 1 is 1.33 bits per heavy atom. The fourth-order valence-corrected chi connectivity index (χ4v) is 2.20. The van der Waals surface area contributed by atoms with Gasteiger partial charge in [-0.15, -0.1) is 0 Å². The topological polar surface area (TPSA) is 45.3 Å². The second kappa shape index (κ2) is 3.44. The Morgan fingerprint density at radius 3 is 2.73 bits per heavy atom. The molecule has 0 aromatic rings. The van der Waals surface area contributed by atoms with Gasteiger partial charge in [0.25, 0.3) is 0 Å². The van der Waals surface area contributed by atoms with E-state index >= 15 is 0 Å². The molecule has 3 nitrogen and oxygen atoms in total. The Labute approximate surface area is 89.4 Å². The molecule has 82 valence electrons. The van der Waals surface area contributed by atoms with Crippen LogP contribution in [0.2, 0.25) is 0 Å². The molecule has 2 aliphatic heterocycles. The number of epoxide rings is 2. The molecule has 3 rings (SSSR count). The first-order chi connectivity index (χ1) is 7.26. The largest absolute Gasteiger partial charge is 0.385 e. The Hall–Kier alpha value is -0.640. The van der Waals surface area contributed by atoms with E-state index in [1.165, 1.54) is 0 Å². The number of hydrogen-bond acceptors (Lipinski definition) is 3. The number of ether oxygens (including phenoxy) is 2. The van der Waals surface area contributed by atoms with E-state index in [9.17, 15) is 5.11 Å². The monoisotopic (exact) mass is 208 g/mol. The molecular weight excluding hydrogens is 192 g/mol. The van der Waals surface area contributed by atoms with Crippen molar-refractivity contribution in [2.45, 2.75) is 37.1 Å². The van der Waals surface area contributed by atoms with Crippen molar-refractivity contribution in [3.05, 3.63) is 23.8 Å². The van der Waals surface area contributed by atoms with Crippen molar-refractivity contribution in [3.8, 4) is 0 Å². The fraction of sp³-hybridized carbons (Fsp3) is 0.667. The molecule has 1 N–H and O–H groups in total. The van der Waals surface area contributed by atoms with Crippen molar-refractivity contribution in [2.24, 2.45) is 0 Å². The molecule has 0 amide bonds. The van der Waals surface area contributed by atoms with E-state index < -0.39 is 5.60 Å². The highest BCUT2D eigenvalue weighted by Crippen LogP contribution is 2.37. The van der Waals surface area contributed by atoms with E-state index in [2.05, 4.69) is 0 Å². The molecule has 2 heterocycles. The van der Waals surface area contributed by atoms with Crippen LogP contribution in [0.25, 0.3) is 0 Å². The summed E-state index contributed by atoms with van der Waals surface area (Å²) < 4.78 is 10.4. The molecule has 2 saturated heterocycles. The van der Waals surface area contributed by atoms with Gasteiger partial charge in [-0.3, -0.25) is 0 Å². The molecule has 0 radical (unpaired) electrons. The van der Waals surface area contributed by atoms with Crippen LogP contribution >= 0.6 is 0 Å². The highest BCUT2D eigenvalue weighted by Gasteiger charge is 2.40. The molecule has 0 spiro atoms. The van der Waals surface area contributed by atoms with Crippen molar-refractivity contribution >= 4 is 0 Å². The minimum atomic E-state index is -0.679. The average molecular weight is 208 g/mol. The maximum Gasteiger partial charge on any atom is 0.0920 e. The first kappa shape index (κ1) is 9.58. The number of rotatable bonds is 4. The van der Waals surface area contributed by atoms with Crippen LogP contribution in [-0.2, 0) is 9.47 Å². The van der Waals surface area contributed by atoms with Gasteiger partial charge in [-0.25, -0.2) is 0 Å². The molecule has 0 bridgehead atoms. The van der Waals surface area contributed by atoms with E-state index in [1.54, 1.807) is 0 Å². The number of allylic oxidation sites excluding steroid dienone is 2. The minimum Gasteiger partial charge on any atom is -0.385 e. The van der Waals surface area contributed by atoms with Crippen LogP contribution in [0, 0.1) is 0 Å². The van der Waals surface area contributed by atoms with E-state index in [-0.39, 0.29) is 6.10 Å². The zero-order valence-corrected chi connectivity index (χ0v) is 8.69. The highest BCUT2D eigenvalue weighted by molar-refractivity contribution is 5.29. The van der Waals surface area contributed by atoms with Gasteiger partial charge in [-0.05, 0) is 18.4 Å². The lowest BCUT2D eigenvalue weighted by Gasteiger charge is -2.31. The van der Waals surface area contributed by atoms with Gasteiger partial charge in [-0.2, -0.15) is 0 Å². The molecule has 3 heteroatoms. The lowest BCUT2D eigenvalue weighted by atomic mass is 9.81. The van der Waals surface area contributed by atoms with Crippen LogP contribution in [0.1, 0.15) is 19.3 Å². The molecule has 0 aromatic heterocycles. The van der Waals surface area contributed by atoms with Crippen LogP contribution in [0.5, 0.6) is 0 Å². The molecule has 15 heavy (non-hydrogen) atoms. The quantitative estimate of drug-likeness (QED) is 0.706. The third kappa shape index (κ3) is 2.14. The third-order valence-electron chi connectivity index (χ3n) is 3.30. The molecule has 0 aromatic carbocycles. The van der Waals surface area contributed by atoms with Crippen LogP contribution in [0.3, 0.4) is 0 Å². The second-order valence-corrected chi connectivity index (χ2v) is 4.67. The van der Waals surface area contributed by atoms with Crippen LogP contribution in [0.4, 0.5) is 0 Å². The molecule has 3 atom stereocenters. The summed E-state index contributed by atoms with van der Waals surface area (Å²) in [6, 6.07) is 0. The molecule has 3 aliphatic rings. The normalized spacial score (nSPS) is 42.6. The van der Waals surface area contributed by atoms with Gasteiger partial charge in [-0.1, -0.05) is 18.2 Å². The Balaban J connectivity index is 1.72. The van der Waals surface area contributed by atoms with Gasteiger partial charge in [0.15, 0.2) is 0 Å². The first-order valence-electron chi connectivity index (χ1n) is 5.58. The van der Waals surface area contributed by atoms with Crippen LogP contribution in [0.15, 0.2) is 23.8 Å². The van der Waals surface area contributed by atoms with Crippen LogP contribution in [-0.4, -0.2) is 36.1 Å². The van der Waals surface area contributed by atoms with E-state index in [0.29, 0.717) is 12.5 Å². The lowest BCUT2D eigenvalue weighted by molar-refractivity contribution is 0.0576. The molecule has 3 unspecified atom stereocenters. The van der Waals surface area contributed by atoms with Crippen LogP contribution < -0.4 is 0 Å². The molecule has 2 fully saturated rings. The zero-order valence-electron chi connectivity index (χ0n) is 8.69. The molecule has 1 aliphatic carbocycles. The minimum absolute atomic E-state index is 0.269. The van der Waals surface area contributed by atoms with Gasteiger partial charge in [0.2, 0.25) is 0 Å². The fourth-order valence-electron chi connectivity index (χ4n) is 2.20. The third-order valence-corrected chi connectivity index (χ3v) is 3.30. The summed E-state index contributed by atoms with van der Waals surface area (Å²) in [5, 5.41) is 10.6. The zero-order chi connectivity index (χ0) is 10.3. The summed E-state index contributed by atoms with van der Waals surface area (Å²) in [4.78, 5) is 0. The first-order valence-corrected chi connectivity index (χ1v) is 5.58. The van der Waals surface area contributed by atoms with Gasteiger partial charge in [0.1, 0.15) is 0 Å². The average Bonchev–Trinajstić information content (AvgIpc) is 3.04. The predicted molar refractivity (Wildman–Crippen MR) is 55.5 cm³/mol. The van der Waals surface area contributed by atoms with Crippen molar-refractivity contribution in [2.75, 3.05) is 13.2 Å². The van der Waals surface area contributed by atoms with Crippen molar-refractivity contribution < 1.29 is 14.6 Å². The predicted octanol–water partition coefficient (Wildman–Crippen LogP) is 1.18. The highest BCUT2D eigenvalue weighted by atomic mass is 16.6. The lowest BCUT2D eigenvalue weighted by Crippen LogP contribution is -2.34. The summed E-state index contributed by atoms with van der Waals surface area (Å²) in [5.41, 5.74) is 0.435. The summed E-state index contributed by atoms with van der Waals surface area (Å²) >= 11 is 0. The smallest absolute Gasteiger partial charge is 0.0920 e. The van der Waals surface area contributed by atoms with Gasteiger partial charge in [0, 0.05) is 6.42 Å². The summed E-state index contributed by atoms with van der Waals surface area (Å²) in [7, 11) is 0. The maximum atomic E-state index is 10.6. The Bertz CT molecular complexity index is 313. The number of aliphatic hydroxyl groups is 1. The van der Waals surface area contributed by atoms with Crippen molar-refractivity contribution in [1.29, 1.82) is 0 Å². The standard InChI is InChI=1S/C12H16O3/c13-12(6-11-8-15-11)4-2-1-3-9(12)5-10-7-14-10/h1-3,10-11,13H,4-8H2. The Kier molecular flexibility index (Phi) is 2.20. The maximum absolute atomic E-state index is 10.6. The van der Waals surface area contributed by atoms with Gasteiger partial charge < -0.3 is 14.6 Å². The van der Waals surface area contributed by atoms with Crippen molar-refractivity contribution in [1.82, 2.24) is 0 Å². The summed E-state index contributed by atoms with van der Waals surface area (Å²) in [6.45, 7) is 1.65. The van der Waals surface area contributed by atoms with E-state index in [0.717, 1.165) is 31.6 Å². The molecule has 0 saturated carbocycles. The SMILES string of the molecule is OC1(CC2CO2)CC=CC=C1CC1CO1. The number of hydrogen-bond donors (Lipinski definition) is 1. The van der Waals surface area contributed by atoms with Crippen molar-refractivity contribution in [3.63, 3.8) is 0 Å².